The second kappa shape index (κ2) is 6.12. The monoisotopic (exact) mass is 272 g/mol. The van der Waals surface area contributed by atoms with Crippen LogP contribution in [0.4, 0.5) is 11.5 Å². The van der Waals surface area contributed by atoms with Gasteiger partial charge in [0.1, 0.15) is 12.0 Å². The number of nitrogens with zero attached hydrogens (tertiary/aromatic N) is 2. The number of pyridine rings is 1. The lowest BCUT2D eigenvalue weighted by Gasteiger charge is -2.11. The molecule has 20 heavy (non-hydrogen) atoms. The second-order valence-electron chi connectivity index (χ2n) is 4.44. The summed E-state index contributed by atoms with van der Waals surface area (Å²) in [6, 6.07) is 9.38. The summed E-state index contributed by atoms with van der Waals surface area (Å²) >= 11 is 0. The van der Waals surface area contributed by atoms with Crippen LogP contribution in [0.25, 0.3) is 0 Å². The van der Waals surface area contributed by atoms with Crippen LogP contribution < -0.4 is 11.1 Å². The van der Waals surface area contributed by atoms with E-state index in [-0.39, 0.29) is 5.69 Å². The molecule has 104 valence electrons. The molecule has 0 atom stereocenters. The highest BCUT2D eigenvalue weighted by Crippen LogP contribution is 2.19. The Labute approximate surface area is 116 Å². The lowest BCUT2D eigenvalue weighted by Crippen LogP contribution is -2.08. The third-order valence-electron chi connectivity index (χ3n) is 3.06. The largest absolute Gasteiger partial charge is 0.366 e. The standard InChI is InChI=1S/C14H16N4O2/c1-10-6-13(18(19)20)9-17-14(10)16-8-12-5-3-2-4-11(12)7-15/h2-6,9H,7-8,15H2,1H3,(H,16,17). The van der Waals surface area contributed by atoms with Gasteiger partial charge >= 0.3 is 0 Å². The van der Waals surface area contributed by atoms with E-state index in [1.54, 1.807) is 6.92 Å². The Morgan fingerprint density at radius 2 is 2.05 bits per heavy atom. The number of aryl methyl sites for hydroxylation is 1. The third-order valence-corrected chi connectivity index (χ3v) is 3.06. The Morgan fingerprint density at radius 3 is 2.65 bits per heavy atom. The summed E-state index contributed by atoms with van der Waals surface area (Å²) < 4.78 is 0. The number of hydrogen-bond donors (Lipinski definition) is 2. The SMILES string of the molecule is Cc1cc([N+](=O)[O-])cnc1NCc1ccccc1CN. The van der Waals surface area contributed by atoms with Gasteiger partial charge < -0.3 is 11.1 Å². The van der Waals surface area contributed by atoms with E-state index in [1.807, 2.05) is 24.3 Å². The van der Waals surface area contributed by atoms with Crippen molar-refractivity contribution in [3.05, 3.63) is 63.3 Å². The van der Waals surface area contributed by atoms with E-state index in [2.05, 4.69) is 10.3 Å². The molecule has 0 radical (unpaired) electrons. The molecule has 2 aromatic rings. The van der Waals surface area contributed by atoms with Crippen LogP contribution in [0.5, 0.6) is 0 Å². The topological polar surface area (TPSA) is 94.1 Å². The van der Waals surface area contributed by atoms with Crippen molar-refractivity contribution in [2.45, 2.75) is 20.0 Å². The van der Waals surface area contributed by atoms with Crippen LogP contribution >= 0.6 is 0 Å². The van der Waals surface area contributed by atoms with Crippen LogP contribution in [0.1, 0.15) is 16.7 Å². The molecule has 0 saturated heterocycles. The van der Waals surface area contributed by atoms with Gasteiger partial charge in [-0.05, 0) is 23.6 Å². The molecule has 0 amide bonds. The summed E-state index contributed by atoms with van der Waals surface area (Å²) in [5, 5.41) is 13.8. The second-order valence-corrected chi connectivity index (χ2v) is 4.44. The molecule has 0 saturated carbocycles. The molecule has 1 aromatic carbocycles. The van der Waals surface area contributed by atoms with Crippen LogP contribution in [-0.2, 0) is 13.1 Å². The minimum atomic E-state index is -0.451. The summed E-state index contributed by atoms with van der Waals surface area (Å²) in [7, 11) is 0. The van der Waals surface area contributed by atoms with Crippen LogP contribution in [0, 0.1) is 17.0 Å². The quantitative estimate of drug-likeness (QED) is 0.643. The fourth-order valence-electron chi connectivity index (χ4n) is 1.95. The maximum atomic E-state index is 10.7. The molecule has 2 rings (SSSR count). The number of aromatic nitrogens is 1. The first-order chi connectivity index (χ1) is 9.61. The minimum absolute atomic E-state index is 0.00425. The van der Waals surface area contributed by atoms with Crippen molar-refractivity contribution < 1.29 is 4.92 Å². The molecule has 1 heterocycles. The molecule has 0 aliphatic heterocycles. The molecule has 3 N–H and O–H groups in total. The number of hydrogen-bond acceptors (Lipinski definition) is 5. The maximum absolute atomic E-state index is 10.7. The van der Waals surface area contributed by atoms with E-state index in [0.717, 1.165) is 16.7 Å². The molecule has 0 aliphatic carbocycles. The average Bonchev–Trinajstić information content (AvgIpc) is 2.46. The summed E-state index contributed by atoms with van der Waals surface area (Å²) in [6.45, 7) is 2.85. The first kappa shape index (κ1) is 14.0. The van der Waals surface area contributed by atoms with Crippen molar-refractivity contribution in [3.63, 3.8) is 0 Å². The molecular weight excluding hydrogens is 256 g/mol. The van der Waals surface area contributed by atoms with E-state index in [4.69, 9.17) is 5.73 Å². The molecule has 0 bridgehead atoms. The van der Waals surface area contributed by atoms with Gasteiger partial charge in [-0.1, -0.05) is 24.3 Å². The predicted molar refractivity (Wildman–Crippen MR) is 77.3 cm³/mol. The van der Waals surface area contributed by atoms with Gasteiger partial charge in [-0.25, -0.2) is 4.98 Å². The minimum Gasteiger partial charge on any atom is -0.366 e. The highest BCUT2D eigenvalue weighted by atomic mass is 16.6. The lowest BCUT2D eigenvalue weighted by atomic mass is 10.1. The predicted octanol–water partition coefficient (Wildman–Crippen LogP) is 2.37. The summed E-state index contributed by atoms with van der Waals surface area (Å²) in [5.41, 5.74) is 8.58. The maximum Gasteiger partial charge on any atom is 0.287 e. The Morgan fingerprint density at radius 1 is 1.35 bits per heavy atom. The van der Waals surface area contributed by atoms with Gasteiger partial charge in [-0.3, -0.25) is 10.1 Å². The zero-order valence-electron chi connectivity index (χ0n) is 11.2. The van der Waals surface area contributed by atoms with Crippen molar-refractivity contribution in [2.24, 2.45) is 5.73 Å². The number of rotatable bonds is 5. The van der Waals surface area contributed by atoms with Crippen LogP contribution in [0.2, 0.25) is 0 Å². The Bertz CT molecular complexity index is 628. The molecule has 6 heteroatoms. The molecule has 0 fully saturated rings. The van der Waals surface area contributed by atoms with Crippen LogP contribution in [0.3, 0.4) is 0 Å². The number of benzene rings is 1. The molecular formula is C14H16N4O2. The highest BCUT2D eigenvalue weighted by molar-refractivity contribution is 5.48. The zero-order chi connectivity index (χ0) is 14.5. The van der Waals surface area contributed by atoms with Gasteiger partial charge in [-0.2, -0.15) is 0 Å². The molecule has 1 aromatic heterocycles. The van der Waals surface area contributed by atoms with Gasteiger partial charge in [0.2, 0.25) is 0 Å². The van der Waals surface area contributed by atoms with Gasteiger partial charge in [0.25, 0.3) is 5.69 Å². The van der Waals surface area contributed by atoms with Crippen LogP contribution in [-0.4, -0.2) is 9.91 Å². The summed E-state index contributed by atoms with van der Waals surface area (Å²) in [4.78, 5) is 14.3. The average molecular weight is 272 g/mol. The van der Waals surface area contributed by atoms with E-state index >= 15 is 0 Å². The number of nitro groups is 1. The van der Waals surface area contributed by atoms with Crippen molar-refractivity contribution in [1.82, 2.24) is 4.98 Å². The Hall–Kier alpha value is -2.47. The Kier molecular flexibility index (Phi) is 4.27. The summed E-state index contributed by atoms with van der Waals surface area (Å²) in [6.07, 6.45) is 1.25. The van der Waals surface area contributed by atoms with Crippen molar-refractivity contribution in [2.75, 3.05) is 5.32 Å². The third kappa shape index (κ3) is 3.10. The lowest BCUT2D eigenvalue weighted by molar-refractivity contribution is -0.385. The Balaban J connectivity index is 2.13. The van der Waals surface area contributed by atoms with Crippen molar-refractivity contribution >= 4 is 11.5 Å². The summed E-state index contributed by atoms with van der Waals surface area (Å²) in [5.74, 6) is 0.641. The first-order valence-corrected chi connectivity index (χ1v) is 6.23. The van der Waals surface area contributed by atoms with Gasteiger partial charge in [-0.15, -0.1) is 0 Å². The number of anilines is 1. The van der Waals surface area contributed by atoms with E-state index < -0.39 is 4.92 Å². The van der Waals surface area contributed by atoms with E-state index in [0.29, 0.717) is 18.9 Å². The molecule has 0 unspecified atom stereocenters. The fourth-order valence-corrected chi connectivity index (χ4v) is 1.95. The highest BCUT2D eigenvalue weighted by Gasteiger charge is 2.09. The van der Waals surface area contributed by atoms with Gasteiger partial charge in [0.15, 0.2) is 0 Å². The number of nitrogens with two attached hydrogens (primary N) is 1. The van der Waals surface area contributed by atoms with Gasteiger partial charge in [0.05, 0.1) is 4.92 Å². The van der Waals surface area contributed by atoms with Gasteiger partial charge in [0, 0.05) is 19.2 Å². The van der Waals surface area contributed by atoms with Crippen LogP contribution in [0.15, 0.2) is 36.5 Å². The van der Waals surface area contributed by atoms with Crippen molar-refractivity contribution in [3.8, 4) is 0 Å². The van der Waals surface area contributed by atoms with E-state index in [1.165, 1.54) is 12.3 Å². The molecule has 6 nitrogen and oxygen atoms in total. The fraction of sp³-hybridized carbons (Fsp3) is 0.214. The smallest absolute Gasteiger partial charge is 0.287 e. The first-order valence-electron chi connectivity index (χ1n) is 6.23. The van der Waals surface area contributed by atoms with Crippen molar-refractivity contribution in [1.29, 1.82) is 0 Å². The zero-order valence-corrected chi connectivity index (χ0v) is 11.2. The molecule has 0 spiro atoms. The number of nitrogens with one attached hydrogen (secondary N) is 1. The van der Waals surface area contributed by atoms with E-state index in [9.17, 15) is 10.1 Å². The molecule has 0 aliphatic rings. The normalized spacial score (nSPS) is 10.3.